The van der Waals surface area contributed by atoms with E-state index in [4.69, 9.17) is 0 Å². The molecule has 2 N–H and O–H groups in total. The van der Waals surface area contributed by atoms with E-state index in [0.29, 0.717) is 12.1 Å². The van der Waals surface area contributed by atoms with Crippen LogP contribution in [-0.2, 0) is 0 Å². The van der Waals surface area contributed by atoms with Crippen LogP contribution >= 0.6 is 0 Å². The van der Waals surface area contributed by atoms with Crippen molar-refractivity contribution in [3.63, 3.8) is 0 Å². The van der Waals surface area contributed by atoms with Crippen LogP contribution in [0.25, 0.3) is 0 Å². The highest BCUT2D eigenvalue weighted by atomic mass is 15.1. The van der Waals surface area contributed by atoms with Gasteiger partial charge in [-0.1, -0.05) is 40.5 Å². The molecule has 0 aliphatic heterocycles. The van der Waals surface area contributed by atoms with Gasteiger partial charge in [-0.25, -0.2) is 0 Å². The fraction of sp³-hybridized carbons (Fsp3) is 1.00. The molecule has 0 saturated heterocycles. The third-order valence-electron chi connectivity index (χ3n) is 2.46. The first-order valence-electron chi connectivity index (χ1n) is 6.19. The Labute approximate surface area is 89.9 Å². The smallest absolute Gasteiger partial charge is 0.0595 e. The van der Waals surface area contributed by atoms with Gasteiger partial charge in [0.05, 0.1) is 6.17 Å². The normalized spacial score (nSPS) is 11.6. The number of rotatable bonds is 9. The quantitative estimate of drug-likeness (QED) is 0.442. The second-order valence-electron chi connectivity index (χ2n) is 4.34. The van der Waals surface area contributed by atoms with Crippen LogP contribution in [0.1, 0.15) is 53.4 Å². The molecule has 0 fully saturated rings. The van der Waals surface area contributed by atoms with E-state index < -0.39 is 0 Å². The highest BCUT2D eigenvalue weighted by Gasteiger charge is 2.10. The standard InChI is InChI=1S/C12H28N2/c1-5-7-9-13-12(11(3)4)14-10-8-6-2/h11-14H,5-10H2,1-4H3. The van der Waals surface area contributed by atoms with E-state index in [0.717, 1.165) is 13.1 Å². The summed E-state index contributed by atoms with van der Waals surface area (Å²) in [5, 5.41) is 7.14. The van der Waals surface area contributed by atoms with Crippen molar-refractivity contribution in [1.29, 1.82) is 0 Å². The van der Waals surface area contributed by atoms with Crippen molar-refractivity contribution < 1.29 is 0 Å². The number of nitrogens with one attached hydrogen (secondary N) is 2. The molecule has 0 aliphatic carbocycles. The Morgan fingerprint density at radius 3 is 1.57 bits per heavy atom. The Morgan fingerprint density at radius 2 is 1.29 bits per heavy atom. The van der Waals surface area contributed by atoms with Gasteiger partial charge in [0.25, 0.3) is 0 Å². The second-order valence-corrected chi connectivity index (χ2v) is 4.34. The van der Waals surface area contributed by atoms with Crippen molar-refractivity contribution in [2.45, 2.75) is 59.5 Å². The largest absolute Gasteiger partial charge is 0.302 e. The van der Waals surface area contributed by atoms with Crippen LogP contribution in [0.4, 0.5) is 0 Å². The van der Waals surface area contributed by atoms with Crippen LogP contribution in [-0.4, -0.2) is 19.3 Å². The first-order valence-corrected chi connectivity index (χ1v) is 6.19. The molecule has 86 valence electrons. The van der Waals surface area contributed by atoms with E-state index in [2.05, 4.69) is 38.3 Å². The zero-order valence-electron chi connectivity index (χ0n) is 10.4. The molecule has 0 heterocycles. The topological polar surface area (TPSA) is 24.1 Å². The lowest BCUT2D eigenvalue weighted by Crippen LogP contribution is -2.46. The molecule has 0 atom stereocenters. The molecule has 0 amide bonds. The van der Waals surface area contributed by atoms with E-state index in [-0.39, 0.29) is 0 Å². The molecule has 2 heteroatoms. The highest BCUT2D eigenvalue weighted by Crippen LogP contribution is 1.99. The maximum atomic E-state index is 3.57. The first-order chi connectivity index (χ1) is 6.72. The number of hydrogen-bond acceptors (Lipinski definition) is 2. The predicted molar refractivity (Wildman–Crippen MR) is 64.4 cm³/mol. The van der Waals surface area contributed by atoms with Gasteiger partial charge in [0.2, 0.25) is 0 Å². The number of hydrogen-bond donors (Lipinski definition) is 2. The Bertz CT molecular complexity index is 103. The van der Waals surface area contributed by atoms with Crippen LogP contribution in [0.15, 0.2) is 0 Å². The molecule has 0 spiro atoms. The summed E-state index contributed by atoms with van der Waals surface area (Å²) in [6.45, 7) is 11.3. The van der Waals surface area contributed by atoms with Crippen LogP contribution in [0.2, 0.25) is 0 Å². The molecule has 14 heavy (non-hydrogen) atoms. The molecular weight excluding hydrogens is 172 g/mol. The minimum Gasteiger partial charge on any atom is -0.302 e. The Morgan fingerprint density at radius 1 is 0.857 bits per heavy atom. The maximum Gasteiger partial charge on any atom is 0.0595 e. The zero-order chi connectivity index (χ0) is 10.8. The maximum absolute atomic E-state index is 3.57. The lowest BCUT2D eigenvalue weighted by molar-refractivity contribution is 0.331. The molecule has 0 unspecified atom stereocenters. The Kier molecular flexibility index (Phi) is 9.42. The van der Waals surface area contributed by atoms with Gasteiger partial charge >= 0.3 is 0 Å². The van der Waals surface area contributed by atoms with E-state index in [9.17, 15) is 0 Å². The summed E-state index contributed by atoms with van der Waals surface area (Å²) in [4.78, 5) is 0. The summed E-state index contributed by atoms with van der Waals surface area (Å²) >= 11 is 0. The van der Waals surface area contributed by atoms with Crippen LogP contribution in [0.3, 0.4) is 0 Å². The molecular formula is C12H28N2. The van der Waals surface area contributed by atoms with Gasteiger partial charge < -0.3 is 10.6 Å². The lowest BCUT2D eigenvalue weighted by atomic mass is 10.1. The van der Waals surface area contributed by atoms with Gasteiger partial charge in [-0.2, -0.15) is 0 Å². The summed E-state index contributed by atoms with van der Waals surface area (Å²) in [5.41, 5.74) is 0. The van der Waals surface area contributed by atoms with Gasteiger partial charge in [-0.05, 0) is 31.8 Å². The SMILES string of the molecule is CCCCNC(NCCCC)C(C)C. The molecule has 0 radical (unpaired) electrons. The summed E-state index contributed by atoms with van der Waals surface area (Å²) in [7, 11) is 0. The van der Waals surface area contributed by atoms with Crippen molar-refractivity contribution in [2.24, 2.45) is 5.92 Å². The Hall–Kier alpha value is -0.0800. The van der Waals surface area contributed by atoms with Gasteiger partial charge in [0.15, 0.2) is 0 Å². The fourth-order valence-corrected chi connectivity index (χ4v) is 1.41. The molecule has 0 aliphatic rings. The summed E-state index contributed by atoms with van der Waals surface area (Å²) in [6.07, 6.45) is 5.59. The lowest BCUT2D eigenvalue weighted by Gasteiger charge is -2.23. The van der Waals surface area contributed by atoms with E-state index in [1.165, 1.54) is 25.7 Å². The highest BCUT2D eigenvalue weighted by molar-refractivity contribution is 4.67. The third-order valence-corrected chi connectivity index (χ3v) is 2.46. The average Bonchev–Trinajstić information content (AvgIpc) is 2.15. The van der Waals surface area contributed by atoms with E-state index in [1.54, 1.807) is 0 Å². The monoisotopic (exact) mass is 200 g/mol. The molecule has 0 saturated carbocycles. The van der Waals surface area contributed by atoms with Gasteiger partial charge in [0.1, 0.15) is 0 Å². The van der Waals surface area contributed by atoms with Gasteiger partial charge in [-0.3, -0.25) is 0 Å². The van der Waals surface area contributed by atoms with Crippen molar-refractivity contribution in [2.75, 3.05) is 13.1 Å². The summed E-state index contributed by atoms with van der Waals surface area (Å²) in [5.74, 6) is 0.670. The second kappa shape index (κ2) is 9.47. The zero-order valence-corrected chi connectivity index (χ0v) is 10.4. The molecule has 0 aromatic rings. The molecule has 0 aromatic carbocycles. The van der Waals surface area contributed by atoms with E-state index >= 15 is 0 Å². The summed E-state index contributed by atoms with van der Waals surface area (Å²) < 4.78 is 0. The van der Waals surface area contributed by atoms with Crippen LogP contribution in [0.5, 0.6) is 0 Å². The minimum atomic E-state index is 0.494. The molecule has 0 rings (SSSR count). The van der Waals surface area contributed by atoms with Crippen molar-refractivity contribution in [3.05, 3.63) is 0 Å². The fourth-order valence-electron chi connectivity index (χ4n) is 1.41. The minimum absolute atomic E-state index is 0.494. The Balaban J connectivity index is 3.55. The van der Waals surface area contributed by atoms with Crippen LogP contribution in [0, 0.1) is 5.92 Å². The van der Waals surface area contributed by atoms with Gasteiger partial charge in [0, 0.05) is 0 Å². The number of unbranched alkanes of at least 4 members (excludes halogenated alkanes) is 2. The van der Waals surface area contributed by atoms with Crippen LogP contribution < -0.4 is 10.6 Å². The predicted octanol–water partition coefficient (Wildman–Crippen LogP) is 2.75. The molecule has 0 bridgehead atoms. The first kappa shape index (κ1) is 13.9. The van der Waals surface area contributed by atoms with Crippen molar-refractivity contribution in [1.82, 2.24) is 10.6 Å². The summed E-state index contributed by atoms with van der Waals surface area (Å²) in [6, 6.07) is 0. The average molecular weight is 200 g/mol. The van der Waals surface area contributed by atoms with E-state index in [1.807, 2.05) is 0 Å². The van der Waals surface area contributed by atoms with Crippen molar-refractivity contribution >= 4 is 0 Å². The third kappa shape index (κ3) is 7.34. The van der Waals surface area contributed by atoms with Gasteiger partial charge in [-0.15, -0.1) is 0 Å². The molecule has 0 aromatic heterocycles. The molecule has 2 nitrogen and oxygen atoms in total. The van der Waals surface area contributed by atoms with Crippen molar-refractivity contribution in [3.8, 4) is 0 Å².